The molecule has 2 aromatic carbocycles. The maximum atomic E-state index is 14.1. The third-order valence-corrected chi connectivity index (χ3v) is 3.60. The Morgan fingerprint density at radius 1 is 1.10 bits per heavy atom. The van der Waals surface area contributed by atoms with Crippen molar-refractivity contribution < 1.29 is 4.39 Å². The second-order valence-electron chi connectivity index (χ2n) is 4.72. The minimum Gasteiger partial charge on any atom is -0.383 e. The van der Waals surface area contributed by atoms with Gasteiger partial charge in [0.1, 0.15) is 17.3 Å². The highest BCUT2D eigenvalue weighted by Gasteiger charge is 2.19. The molecule has 1 aromatic heterocycles. The molecule has 0 aliphatic carbocycles. The molecule has 3 nitrogen and oxygen atoms in total. The highest BCUT2D eigenvalue weighted by Crippen LogP contribution is 2.37. The molecule has 21 heavy (non-hydrogen) atoms. The van der Waals surface area contributed by atoms with Crippen LogP contribution in [0.3, 0.4) is 0 Å². The Bertz CT molecular complexity index is 794. The molecule has 0 bridgehead atoms. The van der Waals surface area contributed by atoms with Gasteiger partial charge >= 0.3 is 0 Å². The molecule has 5 heteroatoms. The first-order chi connectivity index (χ1) is 10.1. The molecule has 0 radical (unpaired) electrons. The van der Waals surface area contributed by atoms with Crippen molar-refractivity contribution in [2.24, 2.45) is 7.05 Å². The number of anilines is 1. The second-order valence-corrected chi connectivity index (χ2v) is 5.16. The largest absolute Gasteiger partial charge is 0.383 e. The molecule has 0 amide bonds. The number of benzene rings is 2. The molecule has 2 N–H and O–H groups in total. The first-order valence-corrected chi connectivity index (χ1v) is 6.79. The molecule has 0 spiro atoms. The van der Waals surface area contributed by atoms with E-state index in [4.69, 9.17) is 17.3 Å². The number of rotatable bonds is 2. The highest BCUT2D eigenvalue weighted by molar-refractivity contribution is 6.30. The van der Waals surface area contributed by atoms with Crippen molar-refractivity contribution in [1.82, 2.24) is 9.78 Å². The number of hydrogen-bond acceptors (Lipinski definition) is 2. The number of aryl methyl sites for hydroxylation is 1. The smallest absolute Gasteiger partial charge is 0.131 e. The molecule has 0 aliphatic heterocycles. The van der Waals surface area contributed by atoms with Gasteiger partial charge in [0.2, 0.25) is 0 Å². The summed E-state index contributed by atoms with van der Waals surface area (Å²) in [7, 11) is 1.74. The first kappa shape index (κ1) is 13.6. The quantitative estimate of drug-likeness (QED) is 0.773. The lowest BCUT2D eigenvalue weighted by molar-refractivity contribution is 0.631. The topological polar surface area (TPSA) is 43.8 Å². The van der Waals surface area contributed by atoms with E-state index < -0.39 is 0 Å². The third-order valence-electron chi connectivity index (χ3n) is 3.35. The van der Waals surface area contributed by atoms with E-state index in [-0.39, 0.29) is 5.82 Å². The van der Waals surface area contributed by atoms with E-state index >= 15 is 0 Å². The second kappa shape index (κ2) is 5.22. The zero-order valence-corrected chi connectivity index (χ0v) is 12.1. The molecule has 3 aromatic rings. The van der Waals surface area contributed by atoms with Crippen LogP contribution in [-0.2, 0) is 7.05 Å². The van der Waals surface area contributed by atoms with Gasteiger partial charge in [0.05, 0.1) is 5.56 Å². The Morgan fingerprint density at radius 2 is 1.76 bits per heavy atom. The van der Waals surface area contributed by atoms with Crippen LogP contribution in [0, 0.1) is 5.82 Å². The van der Waals surface area contributed by atoms with Crippen LogP contribution < -0.4 is 5.73 Å². The minimum absolute atomic E-state index is 0.326. The highest BCUT2D eigenvalue weighted by atomic mass is 35.5. The molecule has 106 valence electrons. The molecule has 0 atom stereocenters. The maximum absolute atomic E-state index is 14.1. The summed E-state index contributed by atoms with van der Waals surface area (Å²) in [6, 6.07) is 13.8. The van der Waals surface area contributed by atoms with Crippen LogP contribution in [0.1, 0.15) is 0 Å². The average molecular weight is 302 g/mol. The van der Waals surface area contributed by atoms with Gasteiger partial charge in [-0.05, 0) is 18.2 Å². The predicted molar refractivity (Wildman–Crippen MR) is 83.5 cm³/mol. The summed E-state index contributed by atoms with van der Waals surface area (Å²) in [5, 5.41) is 5.04. The lowest BCUT2D eigenvalue weighted by Gasteiger charge is -2.06. The van der Waals surface area contributed by atoms with Crippen LogP contribution >= 0.6 is 11.6 Å². The lowest BCUT2D eigenvalue weighted by Crippen LogP contribution is -1.98. The van der Waals surface area contributed by atoms with Crippen molar-refractivity contribution in [3.8, 4) is 22.4 Å². The monoisotopic (exact) mass is 301 g/mol. The fourth-order valence-corrected chi connectivity index (χ4v) is 2.40. The van der Waals surface area contributed by atoms with Gasteiger partial charge in [0, 0.05) is 23.2 Å². The summed E-state index contributed by atoms with van der Waals surface area (Å²) in [5.74, 6) is 0.0949. The Morgan fingerprint density at radius 3 is 2.43 bits per heavy atom. The summed E-state index contributed by atoms with van der Waals surface area (Å²) < 4.78 is 15.7. The molecule has 0 saturated carbocycles. The normalized spacial score (nSPS) is 10.8. The van der Waals surface area contributed by atoms with E-state index in [1.165, 1.54) is 6.07 Å². The number of hydrogen-bond donors (Lipinski definition) is 1. The molecule has 3 rings (SSSR count). The molecular formula is C16H13ClFN3. The Labute approximate surface area is 126 Å². The van der Waals surface area contributed by atoms with Gasteiger partial charge in [0.15, 0.2) is 0 Å². The Hall–Kier alpha value is -2.33. The average Bonchev–Trinajstić information content (AvgIpc) is 2.77. The minimum atomic E-state index is -0.326. The van der Waals surface area contributed by atoms with Gasteiger partial charge in [-0.25, -0.2) is 4.39 Å². The summed E-state index contributed by atoms with van der Waals surface area (Å²) >= 11 is 5.91. The van der Waals surface area contributed by atoms with E-state index in [0.717, 1.165) is 5.56 Å². The van der Waals surface area contributed by atoms with Gasteiger partial charge < -0.3 is 5.73 Å². The third kappa shape index (κ3) is 2.38. The predicted octanol–water partition coefficient (Wildman–Crippen LogP) is 4.13. The van der Waals surface area contributed by atoms with Crippen molar-refractivity contribution in [3.05, 3.63) is 59.4 Å². The van der Waals surface area contributed by atoms with Crippen LogP contribution in [0.15, 0.2) is 48.5 Å². The zero-order chi connectivity index (χ0) is 15.0. The van der Waals surface area contributed by atoms with E-state index in [9.17, 15) is 4.39 Å². The van der Waals surface area contributed by atoms with Crippen molar-refractivity contribution >= 4 is 17.4 Å². The molecule has 0 unspecified atom stereocenters. The standard InChI is InChI=1S/C16H13ClFN3/c1-21-16(19)14(12-4-2-3-5-13(12)18)15(20-21)10-6-8-11(17)9-7-10/h2-9H,19H2,1H3. The van der Waals surface area contributed by atoms with Crippen LogP contribution in [-0.4, -0.2) is 9.78 Å². The fraction of sp³-hybridized carbons (Fsp3) is 0.0625. The molecule has 1 heterocycles. The molecular weight excluding hydrogens is 289 g/mol. The number of nitrogens with zero attached hydrogens (tertiary/aromatic N) is 2. The van der Waals surface area contributed by atoms with Gasteiger partial charge in [0.25, 0.3) is 0 Å². The summed E-state index contributed by atoms with van der Waals surface area (Å²) in [6.45, 7) is 0. The van der Waals surface area contributed by atoms with Crippen molar-refractivity contribution in [1.29, 1.82) is 0 Å². The number of aromatic nitrogens is 2. The summed E-state index contributed by atoms with van der Waals surface area (Å²) in [4.78, 5) is 0. The summed E-state index contributed by atoms with van der Waals surface area (Å²) in [6.07, 6.45) is 0. The Balaban J connectivity index is 2.26. The SMILES string of the molecule is Cn1nc(-c2ccc(Cl)cc2)c(-c2ccccc2F)c1N. The number of nitrogens with two attached hydrogens (primary N) is 1. The van der Waals surface area contributed by atoms with Crippen LogP contribution in [0.25, 0.3) is 22.4 Å². The van der Waals surface area contributed by atoms with Crippen LogP contribution in [0.2, 0.25) is 5.02 Å². The van der Waals surface area contributed by atoms with Gasteiger partial charge in [-0.2, -0.15) is 5.10 Å². The van der Waals surface area contributed by atoms with Crippen molar-refractivity contribution in [3.63, 3.8) is 0 Å². The number of nitrogen functional groups attached to an aromatic ring is 1. The lowest BCUT2D eigenvalue weighted by atomic mass is 10.0. The van der Waals surface area contributed by atoms with Gasteiger partial charge in [-0.15, -0.1) is 0 Å². The molecule has 0 aliphatic rings. The van der Waals surface area contributed by atoms with Crippen molar-refractivity contribution in [2.75, 3.05) is 5.73 Å². The molecule has 0 saturated heterocycles. The van der Waals surface area contributed by atoms with E-state index in [1.54, 1.807) is 42.1 Å². The van der Waals surface area contributed by atoms with E-state index in [2.05, 4.69) is 5.10 Å². The van der Waals surface area contributed by atoms with E-state index in [0.29, 0.717) is 27.7 Å². The fourth-order valence-electron chi connectivity index (χ4n) is 2.28. The zero-order valence-electron chi connectivity index (χ0n) is 11.3. The maximum Gasteiger partial charge on any atom is 0.131 e. The van der Waals surface area contributed by atoms with E-state index in [1.807, 2.05) is 12.1 Å². The van der Waals surface area contributed by atoms with Crippen molar-refractivity contribution in [2.45, 2.75) is 0 Å². The number of halogens is 2. The summed E-state index contributed by atoms with van der Waals surface area (Å²) in [5.41, 5.74) is 8.59. The van der Waals surface area contributed by atoms with Gasteiger partial charge in [-0.1, -0.05) is 41.9 Å². The molecule has 0 fully saturated rings. The van der Waals surface area contributed by atoms with Crippen LogP contribution in [0.5, 0.6) is 0 Å². The van der Waals surface area contributed by atoms with Gasteiger partial charge in [-0.3, -0.25) is 4.68 Å². The Kier molecular flexibility index (Phi) is 3.39. The first-order valence-electron chi connectivity index (χ1n) is 6.41. The van der Waals surface area contributed by atoms with Crippen LogP contribution in [0.4, 0.5) is 10.2 Å².